The summed E-state index contributed by atoms with van der Waals surface area (Å²) in [6, 6.07) is 4.75. The number of halogens is 2. The number of benzene rings is 1. The van der Waals surface area contributed by atoms with Gasteiger partial charge in [0, 0.05) is 56.9 Å². The van der Waals surface area contributed by atoms with E-state index >= 15 is 4.39 Å². The van der Waals surface area contributed by atoms with E-state index in [-0.39, 0.29) is 36.2 Å². The van der Waals surface area contributed by atoms with Crippen LogP contribution in [-0.2, 0) is 14.2 Å². The summed E-state index contributed by atoms with van der Waals surface area (Å²) in [6.07, 6.45) is 4.43. The van der Waals surface area contributed by atoms with Crippen LogP contribution >= 0.6 is 11.6 Å². The molecule has 3 amide bonds. The molecule has 3 rings (SSSR count). The fraction of sp³-hybridized carbons (Fsp3) is 0.704. The number of alkyl carbamates (subject to hydrolysis) is 1. The van der Waals surface area contributed by atoms with E-state index in [4.69, 9.17) is 21.1 Å². The minimum absolute atomic E-state index is 0.0118. The van der Waals surface area contributed by atoms with E-state index in [1.54, 1.807) is 17.0 Å². The van der Waals surface area contributed by atoms with E-state index in [1.807, 2.05) is 7.05 Å². The van der Waals surface area contributed by atoms with Gasteiger partial charge >= 0.3 is 12.1 Å². The molecule has 2 unspecified atom stereocenters. The third-order valence-corrected chi connectivity index (χ3v) is 7.57. The molecule has 1 aromatic carbocycles. The van der Waals surface area contributed by atoms with Crippen molar-refractivity contribution in [3.8, 4) is 0 Å². The number of amides is 3. The zero-order valence-electron chi connectivity index (χ0n) is 22.5. The molecule has 0 radical (unpaired) electrons. The van der Waals surface area contributed by atoms with Crippen molar-refractivity contribution in [1.29, 1.82) is 0 Å². The van der Waals surface area contributed by atoms with Crippen LogP contribution in [0.2, 0.25) is 5.02 Å². The molecule has 38 heavy (non-hydrogen) atoms. The van der Waals surface area contributed by atoms with Crippen molar-refractivity contribution in [2.75, 3.05) is 60.2 Å². The molecule has 2 heterocycles. The van der Waals surface area contributed by atoms with Crippen LogP contribution in [0.5, 0.6) is 0 Å². The van der Waals surface area contributed by atoms with Crippen LogP contribution in [0.15, 0.2) is 18.2 Å². The summed E-state index contributed by atoms with van der Waals surface area (Å²) in [5.74, 6) is -0.141. The Hall–Kier alpha value is -2.14. The molecule has 11 heteroatoms. The molecule has 214 valence electrons. The number of rotatable bonds is 11. The Kier molecular flexibility index (Phi) is 12.9. The number of ether oxygens (including phenoxy) is 3. The normalized spacial score (nSPS) is 21.7. The molecule has 0 aliphatic carbocycles. The summed E-state index contributed by atoms with van der Waals surface area (Å²) < 4.78 is 31.3. The van der Waals surface area contributed by atoms with Gasteiger partial charge in [-0.2, -0.15) is 0 Å². The van der Waals surface area contributed by atoms with Gasteiger partial charge in [-0.25, -0.2) is 14.0 Å². The summed E-state index contributed by atoms with van der Waals surface area (Å²) >= 11 is 6.08. The minimum atomic E-state index is -0.622. The van der Waals surface area contributed by atoms with Gasteiger partial charge in [-0.15, -0.1) is 0 Å². The number of hydrogen-bond acceptors (Lipinski definition) is 6. The maximum absolute atomic E-state index is 15.1. The smallest absolute Gasteiger partial charge is 0.406 e. The highest BCUT2D eigenvalue weighted by molar-refractivity contribution is 6.30. The molecule has 0 spiro atoms. The van der Waals surface area contributed by atoms with Crippen molar-refractivity contribution in [3.63, 3.8) is 0 Å². The number of nitrogens with zero attached hydrogens (tertiary/aromatic N) is 1. The molecule has 2 aliphatic rings. The summed E-state index contributed by atoms with van der Waals surface area (Å²) in [4.78, 5) is 26.6. The fourth-order valence-electron chi connectivity index (χ4n) is 5.39. The van der Waals surface area contributed by atoms with Gasteiger partial charge < -0.3 is 35.1 Å². The monoisotopic (exact) mass is 556 g/mol. The molecule has 2 aliphatic heterocycles. The van der Waals surface area contributed by atoms with Crippen LogP contribution in [0.3, 0.4) is 0 Å². The highest BCUT2D eigenvalue weighted by Gasteiger charge is 2.33. The molecule has 1 aromatic rings. The molecule has 2 saturated heterocycles. The first kappa shape index (κ1) is 30.4. The molecule has 0 aromatic heterocycles. The van der Waals surface area contributed by atoms with Crippen LogP contribution < -0.4 is 16.0 Å². The number of hydrogen-bond donors (Lipinski definition) is 3. The third-order valence-electron chi connectivity index (χ3n) is 7.28. The number of nitrogens with one attached hydrogen (secondary N) is 3. The first-order chi connectivity index (χ1) is 18.4. The van der Waals surface area contributed by atoms with Gasteiger partial charge in [0.1, 0.15) is 5.82 Å². The van der Waals surface area contributed by atoms with Gasteiger partial charge in [0.05, 0.1) is 24.8 Å². The molecule has 4 atom stereocenters. The Morgan fingerprint density at radius 1 is 1.24 bits per heavy atom. The number of methoxy groups -OCH3 is 1. The Balaban J connectivity index is 1.66. The lowest BCUT2D eigenvalue weighted by molar-refractivity contribution is -0.0106. The van der Waals surface area contributed by atoms with E-state index in [0.717, 1.165) is 51.7 Å². The number of likely N-dealkylation sites (tertiary alicyclic amines) is 1. The Morgan fingerprint density at radius 2 is 2.08 bits per heavy atom. The highest BCUT2D eigenvalue weighted by atomic mass is 35.5. The molecule has 0 bridgehead atoms. The molecular weight excluding hydrogens is 515 g/mol. The first-order valence-corrected chi connectivity index (χ1v) is 14.0. The highest BCUT2D eigenvalue weighted by Crippen LogP contribution is 2.36. The maximum atomic E-state index is 15.1. The summed E-state index contributed by atoms with van der Waals surface area (Å²) in [6.45, 7) is 3.69. The van der Waals surface area contributed by atoms with Gasteiger partial charge in [-0.1, -0.05) is 23.7 Å². The molecule has 3 N–H and O–H groups in total. The fourth-order valence-corrected chi connectivity index (χ4v) is 5.57. The van der Waals surface area contributed by atoms with Crippen molar-refractivity contribution in [2.45, 2.75) is 50.7 Å². The van der Waals surface area contributed by atoms with E-state index in [2.05, 4.69) is 20.7 Å². The van der Waals surface area contributed by atoms with Gasteiger partial charge in [0.25, 0.3) is 0 Å². The van der Waals surface area contributed by atoms with E-state index in [9.17, 15) is 9.59 Å². The van der Waals surface area contributed by atoms with Gasteiger partial charge in [-0.05, 0) is 57.6 Å². The molecular formula is C27H42ClFN4O5. The topological polar surface area (TPSA) is 101 Å². The van der Waals surface area contributed by atoms with Gasteiger partial charge in [0.15, 0.2) is 0 Å². The minimum Gasteiger partial charge on any atom is -0.453 e. The Labute approximate surface area is 230 Å². The SMILES string of the molecule is CNC[C@H](CC1CCCOCC1)NC(=O)N1CCC[C@@H](C(OCCNC(=O)OC)c2cccc(Cl)c2F)C1. The largest absolute Gasteiger partial charge is 0.453 e. The maximum Gasteiger partial charge on any atom is 0.406 e. The Morgan fingerprint density at radius 3 is 2.87 bits per heavy atom. The lowest BCUT2D eigenvalue weighted by atomic mass is 9.88. The van der Waals surface area contributed by atoms with Crippen LogP contribution in [0.25, 0.3) is 0 Å². The van der Waals surface area contributed by atoms with E-state index in [1.165, 1.54) is 13.2 Å². The lowest BCUT2D eigenvalue weighted by Crippen LogP contribution is -2.52. The number of urea groups is 1. The Bertz CT molecular complexity index is 887. The van der Waals surface area contributed by atoms with Crippen LogP contribution in [0.4, 0.5) is 14.0 Å². The van der Waals surface area contributed by atoms with Crippen LogP contribution in [0.1, 0.15) is 50.2 Å². The number of carbonyl (C=O) groups is 2. The van der Waals surface area contributed by atoms with E-state index < -0.39 is 18.0 Å². The second-order valence-corrected chi connectivity index (χ2v) is 10.5. The quantitative estimate of drug-likeness (QED) is 0.355. The van der Waals surface area contributed by atoms with Crippen LogP contribution in [0, 0.1) is 17.7 Å². The zero-order valence-corrected chi connectivity index (χ0v) is 23.2. The molecule has 0 saturated carbocycles. The predicted molar refractivity (Wildman–Crippen MR) is 144 cm³/mol. The zero-order chi connectivity index (χ0) is 27.3. The number of piperidine rings is 1. The second-order valence-electron chi connectivity index (χ2n) is 10.1. The summed E-state index contributed by atoms with van der Waals surface area (Å²) in [5, 5.41) is 9.03. The van der Waals surface area contributed by atoms with Crippen molar-refractivity contribution in [3.05, 3.63) is 34.6 Å². The summed E-state index contributed by atoms with van der Waals surface area (Å²) in [7, 11) is 3.18. The standard InChI is InChI=1S/C27H42ClFN4O5/c1-30-17-21(16-19-6-5-13-37-14-10-19)32-26(34)33-12-4-7-20(18-33)25(38-15-11-31-27(35)36-2)22-8-3-9-23(28)24(22)29/h3,8-9,19-21,25,30H,4-7,10-18H2,1-2H3,(H,31,35)(H,32,34)/t19?,20-,21+,25?/m1/s1. The van der Waals surface area contributed by atoms with Gasteiger partial charge in [0.2, 0.25) is 0 Å². The lowest BCUT2D eigenvalue weighted by Gasteiger charge is -2.38. The second kappa shape index (κ2) is 16.1. The van der Waals surface area contributed by atoms with Crippen molar-refractivity contribution >= 4 is 23.7 Å². The van der Waals surface area contributed by atoms with Crippen molar-refractivity contribution < 1.29 is 28.2 Å². The number of carbonyl (C=O) groups excluding carboxylic acids is 2. The third kappa shape index (κ3) is 9.25. The number of likely N-dealkylation sites (N-methyl/N-ethyl adjacent to an activating group) is 1. The average Bonchev–Trinajstić information content (AvgIpc) is 3.19. The summed E-state index contributed by atoms with van der Waals surface area (Å²) in [5.41, 5.74) is 0.353. The van der Waals surface area contributed by atoms with Crippen LogP contribution in [-0.4, -0.2) is 83.2 Å². The predicted octanol–water partition coefficient (Wildman–Crippen LogP) is 4.11. The van der Waals surface area contributed by atoms with Crippen molar-refractivity contribution in [2.24, 2.45) is 11.8 Å². The van der Waals surface area contributed by atoms with E-state index in [0.29, 0.717) is 31.1 Å². The van der Waals surface area contributed by atoms with Gasteiger partial charge in [-0.3, -0.25) is 0 Å². The molecule has 9 nitrogen and oxygen atoms in total. The average molecular weight is 557 g/mol. The first-order valence-electron chi connectivity index (χ1n) is 13.6. The van der Waals surface area contributed by atoms with Crippen molar-refractivity contribution in [1.82, 2.24) is 20.9 Å². The molecule has 2 fully saturated rings.